The summed E-state index contributed by atoms with van der Waals surface area (Å²) in [5.74, 6) is 0.0326. The lowest BCUT2D eigenvalue weighted by molar-refractivity contribution is 0.628. The molecule has 2 rings (SSSR count). The van der Waals surface area contributed by atoms with Crippen molar-refractivity contribution < 1.29 is 4.39 Å². The van der Waals surface area contributed by atoms with E-state index in [9.17, 15) is 4.39 Å². The zero-order valence-corrected chi connectivity index (χ0v) is 9.08. The first-order valence-corrected chi connectivity index (χ1v) is 5.06. The maximum atomic E-state index is 13.0. The van der Waals surface area contributed by atoms with Crippen molar-refractivity contribution in [2.24, 2.45) is 5.73 Å². The third-order valence-electron chi connectivity index (χ3n) is 2.10. The quantitative estimate of drug-likeness (QED) is 0.873. The van der Waals surface area contributed by atoms with Crippen LogP contribution in [0, 0.1) is 5.82 Å². The maximum Gasteiger partial charge on any atom is 0.159 e. The van der Waals surface area contributed by atoms with Crippen LogP contribution < -0.4 is 5.73 Å². The lowest BCUT2D eigenvalue weighted by atomic mass is 10.2. The fourth-order valence-corrected chi connectivity index (χ4v) is 1.46. The molecular formula is C11H9ClFN3. The monoisotopic (exact) mass is 237 g/mol. The van der Waals surface area contributed by atoms with Gasteiger partial charge in [-0.15, -0.1) is 0 Å². The first-order chi connectivity index (χ1) is 7.70. The number of nitrogens with two attached hydrogens (primary N) is 1. The van der Waals surface area contributed by atoms with Crippen LogP contribution in [-0.2, 0) is 6.54 Å². The second kappa shape index (κ2) is 4.55. The van der Waals surface area contributed by atoms with Crippen LogP contribution in [-0.4, -0.2) is 9.97 Å². The molecule has 0 amide bonds. The van der Waals surface area contributed by atoms with E-state index in [-0.39, 0.29) is 5.02 Å². The van der Waals surface area contributed by atoms with E-state index in [1.165, 1.54) is 12.1 Å². The molecule has 1 aromatic heterocycles. The van der Waals surface area contributed by atoms with Crippen molar-refractivity contribution in [1.29, 1.82) is 0 Å². The Balaban J connectivity index is 2.46. The predicted molar refractivity (Wildman–Crippen MR) is 60.3 cm³/mol. The molecule has 1 heterocycles. The summed E-state index contributed by atoms with van der Waals surface area (Å²) < 4.78 is 13.0. The van der Waals surface area contributed by atoms with Crippen LogP contribution in [0.1, 0.15) is 5.69 Å². The minimum atomic E-state index is -0.458. The molecule has 0 fully saturated rings. The van der Waals surface area contributed by atoms with Crippen molar-refractivity contribution in [1.82, 2.24) is 9.97 Å². The summed E-state index contributed by atoms with van der Waals surface area (Å²) in [5.41, 5.74) is 6.87. The molecule has 2 N–H and O–H groups in total. The van der Waals surface area contributed by atoms with Crippen LogP contribution in [0.15, 0.2) is 30.5 Å². The van der Waals surface area contributed by atoms with Crippen LogP contribution in [0.2, 0.25) is 5.02 Å². The summed E-state index contributed by atoms with van der Waals surface area (Å²) in [6.45, 7) is 0.338. The summed E-state index contributed by atoms with van der Waals surface area (Å²) >= 11 is 5.68. The topological polar surface area (TPSA) is 51.8 Å². The average Bonchev–Trinajstić information content (AvgIpc) is 2.33. The van der Waals surface area contributed by atoms with E-state index in [0.717, 1.165) is 5.69 Å². The van der Waals surface area contributed by atoms with Crippen molar-refractivity contribution in [2.45, 2.75) is 6.54 Å². The second-order valence-corrected chi connectivity index (χ2v) is 3.61. The third kappa shape index (κ3) is 2.18. The summed E-state index contributed by atoms with van der Waals surface area (Å²) in [6, 6.07) is 6.09. The van der Waals surface area contributed by atoms with Crippen LogP contribution >= 0.6 is 11.6 Å². The minimum absolute atomic E-state index is 0.0549. The highest BCUT2D eigenvalue weighted by Crippen LogP contribution is 2.22. The SMILES string of the molecule is NCc1ccnc(-c2ccc(F)c(Cl)c2)n1. The zero-order valence-electron chi connectivity index (χ0n) is 8.32. The average molecular weight is 238 g/mol. The fraction of sp³-hybridized carbons (Fsp3) is 0.0909. The Kier molecular flexibility index (Phi) is 3.12. The smallest absolute Gasteiger partial charge is 0.159 e. The maximum absolute atomic E-state index is 13.0. The van der Waals surface area contributed by atoms with Crippen LogP contribution in [0.5, 0.6) is 0 Å². The third-order valence-corrected chi connectivity index (χ3v) is 2.39. The van der Waals surface area contributed by atoms with Gasteiger partial charge in [-0.2, -0.15) is 0 Å². The van der Waals surface area contributed by atoms with E-state index in [1.54, 1.807) is 18.3 Å². The van der Waals surface area contributed by atoms with E-state index in [4.69, 9.17) is 17.3 Å². The zero-order chi connectivity index (χ0) is 11.5. The molecule has 0 unspecified atom stereocenters. The molecule has 0 saturated heterocycles. The summed E-state index contributed by atoms with van der Waals surface area (Å²) in [5, 5.41) is 0.0549. The Labute approximate surface area is 97.1 Å². The Hall–Kier alpha value is -1.52. The second-order valence-electron chi connectivity index (χ2n) is 3.20. The lowest BCUT2D eigenvalue weighted by Crippen LogP contribution is -2.01. The molecule has 3 nitrogen and oxygen atoms in total. The molecule has 5 heteroatoms. The molecule has 0 atom stereocenters. The molecule has 0 aliphatic heterocycles. The van der Waals surface area contributed by atoms with Crippen molar-refractivity contribution in [2.75, 3.05) is 0 Å². The van der Waals surface area contributed by atoms with Crippen LogP contribution in [0.4, 0.5) is 4.39 Å². The van der Waals surface area contributed by atoms with Gasteiger partial charge in [-0.25, -0.2) is 14.4 Å². The number of hydrogen-bond donors (Lipinski definition) is 1. The van der Waals surface area contributed by atoms with Gasteiger partial charge in [0.25, 0.3) is 0 Å². The van der Waals surface area contributed by atoms with Gasteiger partial charge in [0.1, 0.15) is 5.82 Å². The fourth-order valence-electron chi connectivity index (χ4n) is 1.28. The van der Waals surface area contributed by atoms with Crippen LogP contribution in [0.3, 0.4) is 0 Å². The number of rotatable bonds is 2. The van der Waals surface area contributed by atoms with E-state index >= 15 is 0 Å². The van der Waals surface area contributed by atoms with Gasteiger partial charge in [-0.05, 0) is 24.3 Å². The number of hydrogen-bond acceptors (Lipinski definition) is 3. The van der Waals surface area contributed by atoms with Gasteiger partial charge >= 0.3 is 0 Å². The first kappa shape index (κ1) is 11.0. The van der Waals surface area contributed by atoms with Gasteiger partial charge in [-0.3, -0.25) is 0 Å². The van der Waals surface area contributed by atoms with Crippen molar-refractivity contribution in [3.8, 4) is 11.4 Å². The molecule has 0 aliphatic rings. The summed E-state index contributed by atoms with van der Waals surface area (Å²) in [6.07, 6.45) is 1.61. The van der Waals surface area contributed by atoms with Gasteiger partial charge < -0.3 is 5.73 Å². The van der Waals surface area contributed by atoms with E-state index in [2.05, 4.69) is 9.97 Å². The van der Waals surface area contributed by atoms with Crippen molar-refractivity contribution >= 4 is 11.6 Å². The van der Waals surface area contributed by atoms with Gasteiger partial charge in [0.15, 0.2) is 5.82 Å². The molecule has 16 heavy (non-hydrogen) atoms. The van der Waals surface area contributed by atoms with Gasteiger partial charge in [0, 0.05) is 18.3 Å². The number of aromatic nitrogens is 2. The highest BCUT2D eigenvalue weighted by Gasteiger charge is 2.05. The number of halogens is 2. The van der Waals surface area contributed by atoms with E-state index < -0.39 is 5.82 Å². The first-order valence-electron chi connectivity index (χ1n) is 4.68. The molecule has 0 bridgehead atoms. The number of nitrogens with zero attached hydrogens (tertiary/aromatic N) is 2. The highest BCUT2D eigenvalue weighted by molar-refractivity contribution is 6.31. The standard InChI is InChI=1S/C11H9ClFN3/c12-9-5-7(1-2-10(9)13)11-15-4-3-8(6-14)16-11/h1-5H,6,14H2. The Morgan fingerprint density at radius 1 is 1.31 bits per heavy atom. The highest BCUT2D eigenvalue weighted by atomic mass is 35.5. The molecule has 2 aromatic rings. The lowest BCUT2D eigenvalue weighted by Gasteiger charge is -2.03. The minimum Gasteiger partial charge on any atom is -0.325 e. The van der Waals surface area contributed by atoms with Crippen molar-refractivity contribution in [3.05, 3.63) is 47.0 Å². The van der Waals surface area contributed by atoms with Gasteiger partial charge in [-0.1, -0.05) is 11.6 Å². The summed E-state index contributed by atoms with van der Waals surface area (Å²) in [4.78, 5) is 8.30. The Morgan fingerprint density at radius 3 is 2.81 bits per heavy atom. The van der Waals surface area contributed by atoms with E-state index in [0.29, 0.717) is 17.9 Å². The molecule has 1 aromatic carbocycles. The largest absolute Gasteiger partial charge is 0.325 e. The summed E-state index contributed by atoms with van der Waals surface area (Å²) in [7, 11) is 0. The molecule has 82 valence electrons. The molecule has 0 radical (unpaired) electrons. The van der Waals surface area contributed by atoms with Gasteiger partial charge in [0.05, 0.1) is 10.7 Å². The molecule has 0 aliphatic carbocycles. The molecular weight excluding hydrogens is 229 g/mol. The normalized spacial score (nSPS) is 10.4. The molecule has 0 saturated carbocycles. The van der Waals surface area contributed by atoms with Crippen molar-refractivity contribution in [3.63, 3.8) is 0 Å². The Morgan fingerprint density at radius 2 is 2.12 bits per heavy atom. The van der Waals surface area contributed by atoms with E-state index in [1.807, 2.05) is 0 Å². The molecule has 0 spiro atoms. The van der Waals surface area contributed by atoms with Crippen LogP contribution in [0.25, 0.3) is 11.4 Å². The number of benzene rings is 1. The van der Waals surface area contributed by atoms with Gasteiger partial charge in [0.2, 0.25) is 0 Å². The predicted octanol–water partition coefficient (Wildman–Crippen LogP) is 2.39. The Bertz CT molecular complexity index is 516.